The fraction of sp³-hybridized carbons (Fsp3) is 0.364. The molecule has 1 aromatic carbocycles. The van der Waals surface area contributed by atoms with Gasteiger partial charge in [0.25, 0.3) is 0 Å². The van der Waals surface area contributed by atoms with Crippen LogP contribution in [0.5, 0.6) is 0 Å². The number of benzene rings is 1. The van der Waals surface area contributed by atoms with Crippen LogP contribution in [0.25, 0.3) is 0 Å². The minimum atomic E-state index is -0.309. The molecule has 0 aromatic heterocycles. The summed E-state index contributed by atoms with van der Waals surface area (Å²) in [5.74, 6) is 0. The first-order valence-electron chi connectivity index (χ1n) is 4.40. The van der Waals surface area contributed by atoms with Crippen molar-refractivity contribution in [3.63, 3.8) is 0 Å². The van der Waals surface area contributed by atoms with E-state index in [9.17, 15) is 0 Å². The molecule has 0 unspecified atom stereocenters. The summed E-state index contributed by atoms with van der Waals surface area (Å²) < 4.78 is 1.13. The molecule has 0 fully saturated rings. The van der Waals surface area contributed by atoms with Crippen LogP contribution < -0.4 is 5.73 Å². The number of hydrogen-bond acceptors (Lipinski definition) is 2. The lowest BCUT2D eigenvalue weighted by atomic mass is 9.87. The van der Waals surface area contributed by atoms with E-state index >= 15 is 0 Å². The molecule has 2 N–H and O–H groups in total. The summed E-state index contributed by atoms with van der Waals surface area (Å²) in [4.78, 5) is 0. The molecule has 0 amide bonds. The normalized spacial score (nSPS) is 11.0. The molecule has 3 heteroatoms. The van der Waals surface area contributed by atoms with Gasteiger partial charge in [-0.25, -0.2) is 0 Å². The topological polar surface area (TPSA) is 49.8 Å². The number of nitrogens with zero attached hydrogens (tertiary/aromatic N) is 1. The summed E-state index contributed by atoms with van der Waals surface area (Å²) >= 11 is 2.25. The van der Waals surface area contributed by atoms with Crippen molar-refractivity contribution in [3.8, 4) is 6.07 Å². The maximum absolute atomic E-state index is 8.92. The van der Waals surface area contributed by atoms with Gasteiger partial charge in [-0.3, -0.25) is 0 Å². The summed E-state index contributed by atoms with van der Waals surface area (Å²) in [6, 6.07) is 8.11. The van der Waals surface area contributed by atoms with E-state index in [1.165, 1.54) is 5.56 Å². The lowest BCUT2D eigenvalue weighted by molar-refractivity contribution is 0.492. The van der Waals surface area contributed by atoms with Gasteiger partial charge < -0.3 is 5.73 Å². The monoisotopic (exact) mass is 300 g/mol. The second kappa shape index (κ2) is 4.18. The lowest BCUT2D eigenvalue weighted by Crippen LogP contribution is -2.12. The molecule has 0 saturated carbocycles. The molecule has 1 rings (SSSR count). The number of nitrogen functional groups attached to an aromatic ring is 1. The Hall–Kier alpha value is -0.760. The Labute approximate surface area is 98.3 Å². The number of halogens is 1. The van der Waals surface area contributed by atoms with Gasteiger partial charge in [-0.15, -0.1) is 0 Å². The molecule has 74 valence electrons. The van der Waals surface area contributed by atoms with Crippen molar-refractivity contribution in [2.75, 3.05) is 5.73 Å². The molecule has 0 atom stereocenters. The Morgan fingerprint density at radius 2 is 2.14 bits per heavy atom. The molecule has 0 aliphatic heterocycles. The van der Waals surface area contributed by atoms with Crippen molar-refractivity contribution in [1.82, 2.24) is 0 Å². The predicted octanol–water partition coefficient (Wildman–Crippen LogP) is 2.97. The third-order valence-electron chi connectivity index (χ3n) is 2.01. The van der Waals surface area contributed by atoms with Crippen LogP contribution in [0.4, 0.5) is 5.69 Å². The van der Waals surface area contributed by atoms with E-state index in [1.54, 1.807) is 0 Å². The van der Waals surface area contributed by atoms with Crippen molar-refractivity contribution in [3.05, 3.63) is 27.3 Å². The fourth-order valence-corrected chi connectivity index (χ4v) is 1.95. The van der Waals surface area contributed by atoms with E-state index in [1.807, 2.05) is 32.0 Å². The molecule has 0 saturated heterocycles. The van der Waals surface area contributed by atoms with Crippen molar-refractivity contribution >= 4 is 28.3 Å². The maximum atomic E-state index is 8.92. The van der Waals surface area contributed by atoms with E-state index < -0.39 is 0 Å². The molecular weight excluding hydrogens is 287 g/mol. The first kappa shape index (κ1) is 11.3. The Balaban J connectivity index is 2.94. The quantitative estimate of drug-likeness (QED) is 0.674. The van der Waals surface area contributed by atoms with Crippen molar-refractivity contribution in [1.29, 1.82) is 5.26 Å². The van der Waals surface area contributed by atoms with Crippen LogP contribution in [-0.4, -0.2) is 0 Å². The highest BCUT2D eigenvalue weighted by atomic mass is 127. The highest BCUT2D eigenvalue weighted by molar-refractivity contribution is 14.1. The summed E-state index contributed by atoms with van der Waals surface area (Å²) in [7, 11) is 0. The van der Waals surface area contributed by atoms with Crippen LogP contribution in [-0.2, 0) is 6.42 Å². The van der Waals surface area contributed by atoms with Gasteiger partial charge in [0.15, 0.2) is 0 Å². The average Bonchev–Trinajstić information content (AvgIpc) is 2.10. The van der Waals surface area contributed by atoms with E-state index in [0.29, 0.717) is 0 Å². The molecule has 0 bridgehead atoms. The van der Waals surface area contributed by atoms with Gasteiger partial charge >= 0.3 is 0 Å². The van der Waals surface area contributed by atoms with Crippen molar-refractivity contribution in [2.24, 2.45) is 5.41 Å². The van der Waals surface area contributed by atoms with Gasteiger partial charge in [0.05, 0.1) is 11.5 Å². The fourth-order valence-electron chi connectivity index (χ4n) is 1.22. The summed E-state index contributed by atoms with van der Waals surface area (Å²) in [5, 5.41) is 8.92. The first-order chi connectivity index (χ1) is 6.44. The zero-order valence-corrected chi connectivity index (χ0v) is 10.5. The minimum Gasteiger partial charge on any atom is -0.399 e. The van der Waals surface area contributed by atoms with E-state index in [4.69, 9.17) is 11.0 Å². The summed E-state index contributed by atoms with van der Waals surface area (Å²) in [6.07, 6.45) is 0.766. The van der Waals surface area contributed by atoms with Gasteiger partial charge in [-0.1, -0.05) is 6.07 Å². The summed E-state index contributed by atoms with van der Waals surface area (Å²) in [5.41, 5.74) is 7.30. The number of nitriles is 1. The van der Waals surface area contributed by atoms with Crippen LogP contribution in [0.15, 0.2) is 18.2 Å². The van der Waals surface area contributed by atoms with Gasteiger partial charge in [-0.2, -0.15) is 5.26 Å². The zero-order valence-electron chi connectivity index (χ0n) is 8.34. The highest BCUT2D eigenvalue weighted by Crippen LogP contribution is 2.25. The van der Waals surface area contributed by atoms with Crippen LogP contribution in [0.1, 0.15) is 19.4 Å². The highest BCUT2D eigenvalue weighted by Gasteiger charge is 2.18. The number of anilines is 1. The number of nitrogens with two attached hydrogens (primary N) is 1. The Morgan fingerprint density at radius 3 is 2.64 bits per heavy atom. The summed E-state index contributed by atoms with van der Waals surface area (Å²) in [6.45, 7) is 3.89. The second-order valence-corrected chi connectivity index (χ2v) is 5.19. The molecule has 0 aliphatic carbocycles. The van der Waals surface area contributed by atoms with Gasteiger partial charge in [0.2, 0.25) is 0 Å². The van der Waals surface area contributed by atoms with Crippen LogP contribution in [0.2, 0.25) is 0 Å². The molecule has 1 aromatic rings. The molecule has 0 radical (unpaired) electrons. The average molecular weight is 300 g/mol. The van der Waals surface area contributed by atoms with Crippen LogP contribution in [0, 0.1) is 20.3 Å². The third-order valence-corrected chi connectivity index (χ3v) is 3.02. The van der Waals surface area contributed by atoms with Gasteiger partial charge in [-0.05, 0) is 60.6 Å². The Morgan fingerprint density at radius 1 is 1.50 bits per heavy atom. The molecule has 0 heterocycles. The molecular formula is C11H13IN2. The standard InChI is InChI=1S/C11H13IN2/c1-11(2,7-13)6-8-3-4-9(14)5-10(8)12/h3-5H,6,14H2,1-2H3. The minimum absolute atomic E-state index is 0.309. The smallest absolute Gasteiger partial charge is 0.0687 e. The van der Waals surface area contributed by atoms with Crippen molar-refractivity contribution in [2.45, 2.75) is 20.3 Å². The van der Waals surface area contributed by atoms with Crippen LogP contribution >= 0.6 is 22.6 Å². The van der Waals surface area contributed by atoms with Gasteiger partial charge in [0.1, 0.15) is 0 Å². The van der Waals surface area contributed by atoms with Gasteiger partial charge in [0, 0.05) is 9.26 Å². The van der Waals surface area contributed by atoms with Crippen molar-refractivity contribution < 1.29 is 0 Å². The van der Waals surface area contributed by atoms with E-state index in [-0.39, 0.29) is 5.41 Å². The molecule has 0 spiro atoms. The SMILES string of the molecule is CC(C)(C#N)Cc1ccc(N)cc1I. The Kier molecular flexibility index (Phi) is 3.38. The largest absolute Gasteiger partial charge is 0.399 e. The first-order valence-corrected chi connectivity index (χ1v) is 5.48. The van der Waals surface area contributed by atoms with E-state index in [2.05, 4.69) is 28.7 Å². The van der Waals surface area contributed by atoms with Crippen LogP contribution in [0.3, 0.4) is 0 Å². The maximum Gasteiger partial charge on any atom is 0.0687 e. The van der Waals surface area contributed by atoms with E-state index in [0.717, 1.165) is 15.7 Å². The number of rotatable bonds is 2. The third kappa shape index (κ3) is 2.88. The predicted molar refractivity (Wildman–Crippen MR) is 66.7 cm³/mol. The lowest BCUT2D eigenvalue weighted by Gasteiger charge is -2.16. The molecule has 2 nitrogen and oxygen atoms in total. The Bertz CT molecular complexity index is 377. The number of hydrogen-bond donors (Lipinski definition) is 1. The second-order valence-electron chi connectivity index (χ2n) is 4.02. The molecule has 14 heavy (non-hydrogen) atoms. The molecule has 0 aliphatic rings. The zero-order chi connectivity index (χ0) is 10.8.